The van der Waals surface area contributed by atoms with Gasteiger partial charge in [-0.1, -0.05) is 11.6 Å². The number of aromatic carboxylic acids is 1. The molecule has 0 bridgehead atoms. The summed E-state index contributed by atoms with van der Waals surface area (Å²) in [5.41, 5.74) is 0.0212. The van der Waals surface area contributed by atoms with Crippen LogP contribution in [0.3, 0.4) is 0 Å². The lowest BCUT2D eigenvalue weighted by Crippen LogP contribution is -1.98. The van der Waals surface area contributed by atoms with Gasteiger partial charge in [-0.25, -0.2) is 9.78 Å². The summed E-state index contributed by atoms with van der Waals surface area (Å²) in [7, 11) is 0. The molecule has 0 aliphatic heterocycles. The third-order valence-corrected chi connectivity index (χ3v) is 2.37. The largest absolute Gasteiger partial charge is 0.478 e. The van der Waals surface area contributed by atoms with E-state index in [1.54, 1.807) is 10.9 Å². The molecule has 0 unspecified atom stereocenters. The van der Waals surface area contributed by atoms with Gasteiger partial charge in [-0.15, -0.1) is 0 Å². The predicted molar refractivity (Wildman–Crippen MR) is 64.2 cm³/mol. The van der Waals surface area contributed by atoms with Gasteiger partial charge in [0.1, 0.15) is 5.15 Å². The van der Waals surface area contributed by atoms with Crippen LogP contribution in [0.15, 0.2) is 24.5 Å². The zero-order valence-electron chi connectivity index (χ0n) is 9.50. The Bertz CT molecular complexity index is 583. The molecule has 6 nitrogen and oxygen atoms in total. The van der Waals surface area contributed by atoms with Crippen molar-refractivity contribution in [2.45, 2.75) is 13.5 Å². The van der Waals surface area contributed by atoms with Crippen LogP contribution in [-0.4, -0.2) is 25.8 Å². The van der Waals surface area contributed by atoms with Crippen molar-refractivity contribution < 1.29 is 14.6 Å². The maximum Gasteiger partial charge on any atom is 0.335 e. The van der Waals surface area contributed by atoms with Gasteiger partial charge in [0.25, 0.3) is 0 Å². The van der Waals surface area contributed by atoms with Crippen molar-refractivity contribution in [1.29, 1.82) is 0 Å². The highest BCUT2D eigenvalue weighted by atomic mass is 35.5. The number of carbonyl (C=O) groups is 1. The van der Waals surface area contributed by atoms with Crippen LogP contribution in [0.1, 0.15) is 17.3 Å². The van der Waals surface area contributed by atoms with Gasteiger partial charge in [-0.2, -0.15) is 5.10 Å². The van der Waals surface area contributed by atoms with E-state index < -0.39 is 5.97 Å². The van der Waals surface area contributed by atoms with Gasteiger partial charge >= 0.3 is 5.97 Å². The molecule has 2 aromatic heterocycles. The van der Waals surface area contributed by atoms with Crippen LogP contribution in [0.5, 0.6) is 11.6 Å². The van der Waals surface area contributed by atoms with Crippen molar-refractivity contribution in [3.63, 3.8) is 0 Å². The molecule has 94 valence electrons. The summed E-state index contributed by atoms with van der Waals surface area (Å²) in [5, 5.41) is 13.0. The first-order valence-corrected chi connectivity index (χ1v) is 5.57. The Balaban J connectivity index is 2.25. The van der Waals surface area contributed by atoms with Crippen LogP contribution < -0.4 is 4.74 Å². The molecule has 0 aliphatic rings. The Labute approximate surface area is 108 Å². The number of rotatable bonds is 4. The van der Waals surface area contributed by atoms with E-state index in [0.29, 0.717) is 12.3 Å². The molecule has 0 saturated heterocycles. The molecule has 1 N–H and O–H groups in total. The lowest BCUT2D eigenvalue weighted by Gasteiger charge is -2.03. The highest BCUT2D eigenvalue weighted by molar-refractivity contribution is 6.29. The summed E-state index contributed by atoms with van der Waals surface area (Å²) in [6.07, 6.45) is 3.20. The predicted octanol–water partition coefficient (Wildman–Crippen LogP) is 2.44. The third-order valence-electron chi connectivity index (χ3n) is 2.17. The quantitative estimate of drug-likeness (QED) is 0.861. The number of aryl methyl sites for hydroxylation is 1. The summed E-state index contributed by atoms with van der Waals surface area (Å²) in [6.45, 7) is 2.66. The Kier molecular flexibility index (Phi) is 3.47. The van der Waals surface area contributed by atoms with Gasteiger partial charge in [-0.05, 0) is 13.0 Å². The average molecular weight is 268 g/mol. The van der Waals surface area contributed by atoms with Crippen LogP contribution in [0, 0.1) is 0 Å². The Morgan fingerprint density at radius 1 is 1.56 bits per heavy atom. The molecule has 18 heavy (non-hydrogen) atoms. The maximum atomic E-state index is 10.8. The van der Waals surface area contributed by atoms with Gasteiger partial charge in [-0.3, -0.25) is 4.68 Å². The summed E-state index contributed by atoms with van der Waals surface area (Å²) < 4.78 is 7.07. The van der Waals surface area contributed by atoms with Gasteiger partial charge in [0.2, 0.25) is 5.88 Å². The number of carboxylic acids is 1. The summed E-state index contributed by atoms with van der Waals surface area (Å²) >= 11 is 5.72. The Morgan fingerprint density at radius 2 is 2.33 bits per heavy atom. The van der Waals surface area contributed by atoms with Gasteiger partial charge in [0.05, 0.1) is 18.0 Å². The fourth-order valence-electron chi connectivity index (χ4n) is 1.34. The first-order chi connectivity index (χ1) is 8.58. The Hall–Kier alpha value is -2.08. The van der Waals surface area contributed by atoms with E-state index in [0.717, 1.165) is 0 Å². The average Bonchev–Trinajstić information content (AvgIpc) is 2.76. The first kappa shape index (κ1) is 12.4. The van der Waals surface area contributed by atoms with E-state index in [1.807, 2.05) is 6.92 Å². The van der Waals surface area contributed by atoms with Crippen molar-refractivity contribution in [3.05, 3.63) is 35.2 Å². The number of halogens is 1. The molecule has 2 aromatic rings. The molecule has 0 amide bonds. The zero-order valence-corrected chi connectivity index (χ0v) is 10.3. The number of hydrogen-bond donors (Lipinski definition) is 1. The standard InChI is InChI=1S/C11H10ClN3O3/c1-2-15-6-8(5-13-15)18-10-4-7(11(16)17)3-9(12)14-10/h3-6H,2H2,1H3,(H,16,17). The number of pyridine rings is 1. The molecule has 0 saturated carbocycles. The second-order valence-corrected chi connectivity index (χ2v) is 3.84. The van der Waals surface area contributed by atoms with Crippen LogP contribution >= 0.6 is 11.6 Å². The molecule has 0 radical (unpaired) electrons. The van der Waals surface area contributed by atoms with Crippen molar-refractivity contribution in [3.8, 4) is 11.6 Å². The second-order valence-electron chi connectivity index (χ2n) is 3.46. The molecule has 2 rings (SSSR count). The monoisotopic (exact) mass is 267 g/mol. The van der Waals surface area contributed by atoms with Crippen molar-refractivity contribution in [1.82, 2.24) is 14.8 Å². The topological polar surface area (TPSA) is 77.2 Å². The van der Waals surface area contributed by atoms with Crippen molar-refractivity contribution >= 4 is 17.6 Å². The molecular formula is C11H10ClN3O3. The van der Waals surface area contributed by atoms with E-state index in [-0.39, 0.29) is 16.6 Å². The first-order valence-electron chi connectivity index (χ1n) is 5.19. The molecule has 2 heterocycles. The molecule has 0 spiro atoms. The SMILES string of the molecule is CCn1cc(Oc2cc(C(=O)O)cc(Cl)n2)cn1. The molecular weight excluding hydrogens is 258 g/mol. The van der Waals surface area contributed by atoms with Gasteiger partial charge in [0, 0.05) is 12.6 Å². The van der Waals surface area contributed by atoms with E-state index >= 15 is 0 Å². The molecule has 7 heteroatoms. The smallest absolute Gasteiger partial charge is 0.335 e. The number of nitrogens with zero attached hydrogens (tertiary/aromatic N) is 3. The maximum absolute atomic E-state index is 10.8. The fourth-order valence-corrected chi connectivity index (χ4v) is 1.54. The van der Waals surface area contributed by atoms with E-state index in [1.165, 1.54) is 18.3 Å². The minimum Gasteiger partial charge on any atom is -0.478 e. The number of carboxylic acid groups (broad SMARTS) is 1. The lowest BCUT2D eigenvalue weighted by atomic mass is 10.3. The molecule has 0 fully saturated rings. The van der Waals surface area contributed by atoms with Crippen LogP contribution in [-0.2, 0) is 6.54 Å². The molecule has 0 aliphatic carbocycles. The van der Waals surface area contributed by atoms with Gasteiger partial charge in [0.15, 0.2) is 5.75 Å². The second kappa shape index (κ2) is 5.05. The Morgan fingerprint density at radius 3 is 2.94 bits per heavy atom. The minimum atomic E-state index is -1.09. The minimum absolute atomic E-state index is 0.0212. The summed E-state index contributed by atoms with van der Waals surface area (Å²) in [4.78, 5) is 14.7. The fraction of sp³-hybridized carbons (Fsp3) is 0.182. The van der Waals surface area contributed by atoms with Gasteiger partial charge < -0.3 is 9.84 Å². The van der Waals surface area contributed by atoms with Crippen LogP contribution in [0.4, 0.5) is 0 Å². The van der Waals surface area contributed by atoms with Crippen LogP contribution in [0.25, 0.3) is 0 Å². The molecule has 0 aromatic carbocycles. The van der Waals surface area contributed by atoms with E-state index in [2.05, 4.69) is 10.1 Å². The highest BCUT2D eigenvalue weighted by Crippen LogP contribution is 2.22. The molecule has 0 atom stereocenters. The number of ether oxygens (including phenoxy) is 1. The van der Waals surface area contributed by atoms with E-state index in [4.69, 9.17) is 21.4 Å². The third kappa shape index (κ3) is 2.78. The number of aromatic nitrogens is 3. The van der Waals surface area contributed by atoms with Crippen molar-refractivity contribution in [2.75, 3.05) is 0 Å². The normalized spacial score (nSPS) is 10.3. The number of hydrogen-bond acceptors (Lipinski definition) is 4. The van der Waals surface area contributed by atoms with Crippen molar-refractivity contribution in [2.24, 2.45) is 0 Å². The van der Waals surface area contributed by atoms with Crippen LogP contribution in [0.2, 0.25) is 5.15 Å². The summed E-state index contributed by atoms with van der Waals surface area (Å²) in [6, 6.07) is 2.56. The zero-order chi connectivity index (χ0) is 13.1. The highest BCUT2D eigenvalue weighted by Gasteiger charge is 2.09. The summed E-state index contributed by atoms with van der Waals surface area (Å²) in [5.74, 6) is -0.494. The van der Waals surface area contributed by atoms with E-state index in [9.17, 15) is 4.79 Å². The lowest BCUT2D eigenvalue weighted by molar-refractivity contribution is 0.0696.